The van der Waals surface area contributed by atoms with Crippen molar-refractivity contribution in [3.63, 3.8) is 0 Å². The van der Waals surface area contributed by atoms with E-state index in [4.69, 9.17) is 15.6 Å². The lowest BCUT2D eigenvalue weighted by Crippen LogP contribution is -1.89. The minimum atomic E-state index is 0.201. The summed E-state index contributed by atoms with van der Waals surface area (Å²) in [5.41, 5.74) is 6.08. The molecule has 0 unspecified atom stereocenters. The van der Waals surface area contributed by atoms with E-state index in [0.29, 0.717) is 17.3 Å². The molecule has 0 atom stereocenters. The van der Waals surface area contributed by atoms with E-state index in [2.05, 4.69) is 4.98 Å². The Morgan fingerprint density at radius 2 is 1.80 bits per heavy atom. The third-order valence-electron chi connectivity index (χ3n) is 1.82. The van der Waals surface area contributed by atoms with Gasteiger partial charge in [0.2, 0.25) is 5.88 Å². The van der Waals surface area contributed by atoms with Crippen molar-refractivity contribution in [3.05, 3.63) is 42.6 Å². The fourth-order valence-corrected chi connectivity index (χ4v) is 1.09. The van der Waals surface area contributed by atoms with Gasteiger partial charge in [-0.05, 0) is 30.3 Å². The van der Waals surface area contributed by atoms with Crippen molar-refractivity contribution in [2.24, 2.45) is 0 Å². The van der Waals surface area contributed by atoms with Gasteiger partial charge in [-0.1, -0.05) is 0 Å². The summed E-state index contributed by atoms with van der Waals surface area (Å²) < 4.78 is 5.41. The second kappa shape index (κ2) is 3.88. The molecule has 0 spiro atoms. The van der Waals surface area contributed by atoms with Gasteiger partial charge in [-0.25, -0.2) is 4.98 Å². The number of nitrogens with zero attached hydrogens (tertiary/aromatic N) is 1. The number of rotatable bonds is 2. The largest absolute Gasteiger partial charge is 0.508 e. The molecule has 3 N–H and O–H groups in total. The maximum Gasteiger partial charge on any atom is 0.219 e. The second-order valence-corrected chi connectivity index (χ2v) is 3.03. The van der Waals surface area contributed by atoms with Crippen LogP contribution in [0, 0.1) is 0 Å². The van der Waals surface area contributed by atoms with Crippen LogP contribution in [0.3, 0.4) is 0 Å². The molecule has 0 aliphatic heterocycles. The summed E-state index contributed by atoms with van der Waals surface area (Å²) in [6.07, 6.45) is 1.52. The standard InChI is InChI=1S/C11H10N2O2/c12-8-1-6-11(13-7-8)15-10-4-2-9(14)3-5-10/h1-7,14H,12H2. The minimum absolute atomic E-state index is 0.201. The van der Waals surface area contributed by atoms with Gasteiger partial charge in [0.25, 0.3) is 0 Å². The van der Waals surface area contributed by atoms with Gasteiger partial charge in [0.05, 0.1) is 11.9 Å². The first-order valence-corrected chi connectivity index (χ1v) is 4.42. The van der Waals surface area contributed by atoms with Crippen LogP contribution < -0.4 is 10.5 Å². The zero-order valence-electron chi connectivity index (χ0n) is 7.92. The smallest absolute Gasteiger partial charge is 0.219 e. The summed E-state index contributed by atoms with van der Waals surface area (Å²) in [5, 5.41) is 9.07. The molecule has 2 rings (SSSR count). The summed E-state index contributed by atoms with van der Waals surface area (Å²) in [7, 11) is 0. The van der Waals surface area contributed by atoms with Crippen molar-refractivity contribution in [1.82, 2.24) is 4.98 Å². The number of phenols is 1. The number of benzene rings is 1. The van der Waals surface area contributed by atoms with E-state index in [-0.39, 0.29) is 5.75 Å². The van der Waals surface area contributed by atoms with Crippen molar-refractivity contribution in [1.29, 1.82) is 0 Å². The molecule has 0 aliphatic carbocycles. The number of aromatic hydroxyl groups is 1. The van der Waals surface area contributed by atoms with Crippen LogP contribution in [0.1, 0.15) is 0 Å². The van der Waals surface area contributed by atoms with E-state index >= 15 is 0 Å². The molecule has 76 valence electrons. The second-order valence-electron chi connectivity index (χ2n) is 3.03. The number of ether oxygens (including phenoxy) is 1. The van der Waals surface area contributed by atoms with Crippen molar-refractivity contribution < 1.29 is 9.84 Å². The molecule has 1 heterocycles. The monoisotopic (exact) mass is 202 g/mol. The number of phenolic OH excluding ortho intramolecular Hbond substituents is 1. The van der Waals surface area contributed by atoms with Crippen LogP contribution in [0.5, 0.6) is 17.4 Å². The molecule has 0 bridgehead atoms. The zero-order valence-corrected chi connectivity index (χ0v) is 7.92. The van der Waals surface area contributed by atoms with Crippen LogP contribution in [0.15, 0.2) is 42.6 Å². The molecule has 0 saturated heterocycles. The van der Waals surface area contributed by atoms with Crippen molar-refractivity contribution >= 4 is 5.69 Å². The lowest BCUT2D eigenvalue weighted by molar-refractivity contribution is 0.454. The van der Waals surface area contributed by atoms with Crippen LogP contribution in [-0.4, -0.2) is 10.1 Å². The molecule has 0 saturated carbocycles. The highest BCUT2D eigenvalue weighted by Crippen LogP contribution is 2.21. The first-order valence-electron chi connectivity index (χ1n) is 4.42. The fraction of sp³-hybridized carbons (Fsp3) is 0. The number of nitrogen functional groups attached to an aromatic ring is 1. The van der Waals surface area contributed by atoms with Crippen LogP contribution >= 0.6 is 0 Å². The van der Waals surface area contributed by atoms with Gasteiger partial charge in [0.15, 0.2) is 0 Å². The Morgan fingerprint density at radius 3 is 2.40 bits per heavy atom. The number of anilines is 1. The number of pyridine rings is 1. The predicted molar refractivity (Wildman–Crippen MR) is 56.8 cm³/mol. The Hall–Kier alpha value is -2.23. The van der Waals surface area contributed by atoms with Crippen LogP contribution in [0.2, 0.25) is 0 Å². The number of hydrogen-bond acceptors (Lipinski definition) is 4. The summed E-state index contributed by atoms with van der Waals surface area (Å²) in [6, 6.07) is 9.81. The fourth-order valence-electron chi connectivity index (χ4n) is 1.09. The lowest BCUT2D eigenvalue weighted by Gasteiger charge is -2.04. The molecule has 0 aliphatic rings. The van der Waals surface area contributed by atoms with Gasteiger partial charge in [0.1, 0.15) is 11.5 Å². The highest BCUT2D eigenvalue weighted by atomic mass is 16.5. The summed E-state index contributed by atoms with van der Waals surface area (Å²) in [6.45, 7) is 0. The van der Waals surface area contributed by atoms with Crippen molar-refractivity contribution in [2.45, 2.75) is 0 Å². The van der Waals surface area contributed by atoms with Crippen molar-refractivity contribution in [3.8, 4) is 17.4 Å². The summed E-state index contributed by atoms with van der Waals surface area (Å²) >= 11 is 0. The molecule has 4 heteroatoms. The Morgan fingerprint density at radius 1 is 1.07 bits per heavy atom. The first-order chi connectivity index (χ1) is 7.24. The highest BCUT2D eigenvalue weighted by molar-refractivity contribution is 5.38. The predicted octanol–water partition coefficient (Wildman–Crippen LogP) is 2.16. The third kappa shape index (κ3) is 2.37. The van der Waals surface area contributed by atoms with Gasteiger partial charge in [0, 0.05) is 6.07 Å². The number of nitrogens with two attached hydrogens (primary N) is 1. The third-order valence-corrected chi connectivity index (χ3v) is 1.82. The maximum atomic E-state index is 9.07. The first kappa shape index (κ1) is 9.33. The molecule has 15 heavy (non-hydrogen) atoms. The molecule has 0 radical (unpaired) electrons. The van der Waals surface area contributed by atoms with Crippen LogP contribution in [0.25, 0.3) is 0 Å². The summed E-state index contributed by atoms with van der Waals surface area (Å²) in [5.74, 6) is 1.28. The minimum Gasteiger partial charge on any atom is -0.508 e. The Balaban J connectivity index is 2.15. The normalized spacial score (nSPS) is 9.87. The van der Waals surface area contributed by atoms with Crippen LogP contribution in [-0.2, 0) is 0 Å². The van der Waals surface area contributed by atoms with E-state index in [1.807, 2.05) is 0 Å². The Bertz CT molecular complexity index is 394. The van der Waals surface area contributed by atoms with E-state index in [1.165, 1.54) is 6.20 Å². The van der Waals surface area contributed by atoms with Gasteiger partial charge < -0.3 is 15.6 Å². The SMILES string of the molecule is Nc1ccc(Oc2ccc(O)cc2)nc1. The molecule has 4 nitrogen and oxygen atoms in total. The number of hydrogen-bond donors (Lipinski definition) is 2. The molecule has 0 amide bonds. The number of aromatic nitrogens is 1. The van der Waals surface area contributed by atoms with E-state index < -0.39 is 0 Å². The molecule has 2 aromatic rings. The Labute approximate surface area is 87.0 Å². The van der Waals surface area contributed by atoms with Gasteiger partial charge in [-0.2, -0.15) is 0 Å². The van der Waals surface area contributed by atoms with E-state index in [0.717, 1.165) is 0 Å². The molecular formula is C11H10N2O2. The topological polar surface area (TPSA) is 68.4 Å². The quantitative estimate of drug-likeness (QED) is 0.783. The zero-order chi connectivity index (χ0) is 10.7. The van der Waals surface area contributed by atoms with Gasteiger partial charge in [-0.3, -0.25) is 0 Å². The van der Waals surface area contributed by atoms with Crippen LogP contribution in [0.4, 0.5) is 5.69 Å². The molecular weight excluding hydrogens is 192 g/mol. The van der Waals surface area contributed by atoms with E-state index in [9.17, 15) is 0 Å². The lowest BCUT2D eigenvalue weighted by atomic mass is 10.3. The highest BCUT2D eigenvalue weighted by Gasteiger charge is 1.97. The molecule has 0 fully saturated rings. The summed E-state index contributed by atoms with van der Waals surface area (Å²) in [4.78, 5) is 3.99. The molecule has 1 aromatic heterocycles. The maximum absolute atomic E-state index is 9.07. The average Bonchev–Trinajstić information content (AvgIpc) is 2.25. The Kier molecular flexibility index (Phi) is 2.41. The van der Waals surface area contributed by atoms with Gasteiger partial charge >= 0.3 is 0 Å². The van der Waals surface area contributed by atoms with Crippen molar-refractivity contribution in [2.75, 3.05) is 5.73 Å². The average molecular weight is 202 g/mol. The van der Waals surface area contributed by atoms with E-state index in [1.54, 1.807) is 36.4 Å². The van der Waals surface area contributed by atoms with Gasteiger partial charge in [-0.15, -0.1) is 0 Å². The molecule has 1 aromatic carbocycles.